The number of hydrogen-bond donors (Lipinski definition) is 0. The molecule has 2 fully saturated rings. The second-order valence-electron chi connectivity index (χ2n) is 8.34. The molecule has 30 heavy (non-hydrogen) atoms. The Hall–Kier alpha value is -3.00. The Balaban J connectivity index is 1.27. The van der Waals surface area contributed by atoms with Gasteiger partial charge in [0.05, 0.1) is 24.5 Å². The van der Waals surface area contributed by atoms with Gasteiger partial charge in [-0.25, -0.2) is 0 Å². The van der Waals surface area contributed by atoms with Gasteiger partial charge < -0.3 is 14.5 Å². The zero-order valence-corrected chi connectivity index (χ0v) is 16.9. The van der Waals surface area contributed by atoms with Crippen LogP contribution in [0.2, 0.25) is 0 Å². The van der Waals surface area contributed by atoms with Crippen LogP contribution in [-0.4, -0.2) is 68.2 Å². The van der Waals surface area contributed by atoms with Gasteiger partial charge in [-0.15, -0.1) is 0 Å². The van der Waals surface area contributed by atoms with Crippen LogP contribution in [0.15, 0.2) is 55.1 Å². The molecule has 1 spiro atoms. The molecule has 3 aliphatic rings. The van der Waals surface area contributed by atoms with Gasteiger partial charge in [-0.2, -0.15) is 5.10 Å². The monoisotopic (exact) mass is 407 g/mol. The lowest BCUT2D eigenvalue weighted by molar-refractivity contribution is -0.142. The highest BCUT2D eigenvalue weighted by atomic mass is 16.5. The van der Waals surface area contributed by atoms with Crippen molar-refractivity contribution in [1.29, 1.82) is 0 Å². The molecule has 2 bridgehead atoms. The third-order valence-corrected chi connectivity index (χ3v) is 6.38. The molecule has 0 N–H and O–H groups in total. The van der Waals surface area contributed by atoms with Crippen LogP contribution in [0.5, 0.6) is 0 Å². The van der Waals surface area contributed by atoms with E-state index in [1.165, 1.54) is 0 Å². The number of aromatic nitrogens is 3. The van der Waals surface area contributed by atoms with E-state index >= 15 is 0 Å². The van der Waals surface area contributed by atoms with Crippen LogP contribution in [0.4, 0.5) is 0 Å². The van der Waals surface area contributed by atoms with Gasteiger partial charge in [-0.05, 0) is 24.1 Å². The molecule has 8 heteroatoms. The molecule has 4 atom stereocenters. The first-order chi connectivity index (χ1) is 14.6. The highest BCUT2D eigenvalue weighted by Gasteiger charge is 2.67. The fraction of sp³-hybridized carbons (Fsp3) is 0.455. The van der Waals surface area contributed by atoms with Crippen molar-refractivity contribution in [2.45, 2.75) is 31.2 Å². The minimum atomic E-state index is -0.680. The number of ether oxygens (including phenoxy) is 1. The van der Waals surface area contributed by atoms with Crippen LogP contribution in [0.25, 0.3) is 0 Å². The van der Waals surface area contributed by atoms with Gasteiger partial charge in [0.15, 0.2) is 0 Å². The Labute approximate surface area is 175 Å². The number of carbonyl (C=O) groups excluding carboxylic acids is 2. The summed E-state index contributed by atoms with van der Waals surface area (Å²) in [5, 5.41) is 4.19. The van der Waals surface area contributed by atoms with E-state index in [1.54, 1.807) is 35.4 Å². The number of likely N-dealkylation sites (tertiary alicyclic amines) is 1. The number of amides is 2. The zero-order chi connectivity index (χ0) is 20.7. The number of carbonyl (C=O) groups is 2. The van der Waals surface area contributed by atoms with Gasteiger partial charge in [-0.3, -0.25) is 19.3 Å². The molecule has 2 unspecified atom stereocenters. The molecule has 0 aliphatic carbocycles. The second-order valence-corrected chi connectivity index (χ2v) is 8.34. The summed E-state index contributed by atoms with van der Waals surface area (Å²) in [4.78, 5) is 34.2. The number of aryl methyl sites for hydroxylation is 1. The molecule has 3 aliphatic heterocycles. The van der Waals surface area contributed by atoms with Crippen molar-refractivity contribution < 1.29 is 14.3 Å². The fourth-order valence-electron chi connectivity index (χ4n) is 4.97. The highest BCUT2D eigenvalue weighted by molar-refractivity contribution is 5.93. The normalized spacial score (nSPS) is 28.9. The maximum absolute atomic E-state index is 13.3. The molecule has 0 aromatic carbocycles. The van der Waals surface area contributed by atoms with Crippen molar-refractivity contribution in [2.75, 3.05) is 20.1 Å². The lowest BCUT2D eigenvalue weighted by Gasteiger charge is -2.27. The van der Waals surface area contributed by atoms with Crippen LogP contribution in [-0.2, 0) is 27.4 Å². The Kier molecular flexibility index (Phi) is 4.66. The predicted octanol–water partition coefficient (Wildman–Crippen LogP) is 1.11. The van der Waals surface area contributed by atoms with E-state index in [0.717, 1.165) is 18.5 Å². The summed E-state index contributed by atoms with van der Waals surface area (Å²) in [6, 6.07) is 5.70. The summed E-state index contributed by atoms with van der Waals surface area (Å²) < 4.78 is 8.07. The van der Waals surface area contributed by atoms with Crippen molar-refractivity contribution >= 4 is 11.8 Å². The minimum Gasteiger partial charge on any atom is -0.360 e. The number of nitrogens with zero attached hydrogens (tertiary/aromatic N) is 5. The number of rotatable bonds is 7. The molecule has 2 saturated heterocycles. The van der Waals surface area contributed by atoms with Gasteiger partial charge in [0.25, 0.3) is 0 Å². The number of pyridine rings is 1. The Morgan fingerprint density at radius 3 is 3.03 bits per heavy atom. The van der Waals surface area contributed by atoms with Gasteiger partial charge in [0, 0.05) is 51.5 Å². The summed E-state index contributed by atoms with van der Waals surface area (Å²) in [7, 11) is 1.81. The summed E-state index contributed by atoms with van der Waals surface area (Å²) in [5.74, 6) is -0.941. The fourth-order valence-corrected chi connectivity index (χ4v) is 4.97. The van der Waals surface area contributed by atoms with E-state index in [1.807, 2.05) is 41.2 Å². The third kappa shape index (κ3) is 3.11. The van der Waals surface area contributed by atoms with Crippen LogP contribution in [0.3, 0.4) is 0 Å². The summed E-state index contributed by atoms with van der Waals surface area (Å²) in [5.41, 5.74) is 0.291. The van der Waals surface area contributed by atoms with Crippen molar-refractivity contribution in [1.82, 2.24) is 24.6 Å². The molecule has 5 heterocycles. The summed E-state index contributed by atoms with van der Waals surface area (Å²) in [6.07, 6.45) is 11.6. The first-order valence-electron chi connectivity index (χ1n) is 10.3. The standard InChI is InChI=1S/C22H25N5O3/c1-25(10-4-12-27-11-3-9-24-27)20(28)18-17-6-7-22(30-17)15-26(21(29)19(18)22)14-16-5-2-8-23-13-16/h2-3,5-9,11,13,17-19H,4,10,12,14-15H2,1H3/t17-,18?,19?,22-/m1/s1. The molecule has 2 amide bonds. The molecule has 0 radical (unpaired) electrons. The van der Waals surface area contributed by atoms with E-state index < -0.39 is 17.4 Å². The quantitative estimate of drug-likeness (QED) is 0.643. The van der Waals surface area contributed by atoms with Crippen molar-refractivity contribution in [3.8, 4) is 0 Å². The van der Waals surface area contributed by atoms with Gasteiger partial charge in [0.1, 0.15) is 5.60 Å². The lowest BCUT2D eigenvalue weighted by Crippen LogP contribution is -2.45. The van der Waals surface area contributed by atoms with Crippen LogP contribution in [0, 0.1) is 11.8 Å². The molecule has 5 rings (SSSR count). The molecule has 156 valence electrons. The van der Waals surface area contributed by atoms with E-state index in [9.17, 15) is 9.59 Å². The van der Waals surface area contributed by atoms with E-state index in [4.69, 9.17) is 4.74 Å². The van der Waals surface area contributed by atoms with Crippen LogP contribution >= 0.6 is 0 Å². The number of hydrogen-bond acceptors (Lipinski definition) is 5. The smallest absolute Gasteiger partial charge is 0.230 e. The average molecular weight is 407 g/mol. The molecule has 2 aromatic rings. The molecular formula is C22H25N5O3. The molecular weight excluding hydrogens is 382 g/mol. The van der Waals surface area contributed by atoms with Crippen molar-refractivity contribution in [3.63, 3.8) is 0 Å². The molecule has 8 nitrogen and oxygen atoms in total. The third-order valence-electron chi connectivity index (χ3n) is 6.38. The van der Waals surface area contributed by atoms with Crippen LogP contribution < -0.4 is 0 Å². The van der Waals surface area contributed by atoms with E-state index in [2.05, 4.69) is 10.1 Å². The molecule has 0 saturated carbocycles. The van der Waals surface area contributed by atoms with Gasteiger partial charge in [0.2, 0.25) is 11.8 Å². The highest BCUT2D eigenvalue weighted by Crippen LogP contribution is 2.52. The Morgan fingerprint density at radius 2 is 2.27 bits per heavy atom. The second kappa shape index (κ2) is 7.36. The molecule has 2 aromatic heterocycles. The Bertz CT molecular complexity index is 960. The van der Waals surface area contributed by atoms with Crippen LogP contribution in [0.1, 0.15) is 12.0 Å². The number of fused-ring (bicyclic) bond motifs is 1. The topological polar surface area (TPSA) is 80.6 Å². The Morgan fingerprint density at radius 1 is 1.37 bits per heavy atom. The van der Waals surface area contributed by atoms with E-state index in [0.29, 0.717) is 19.6 Å². The summed E-state index contributed by atoms with van der Waals surface area (Å²) >= 11 is 0. The zero-order valence-electron chi connectivity index (χ0n) is 16.9. The first kappa shape index (κ1) is 19.0. The predicted molar refractivity (Wildman–Crippen MR) is 108 cm³/mol. The van der Waals surface area contributed by atoms with Crippen molar-refractivity contribution in [2.24, 2.45) is 11.8 Å². The van der Waals surface area contributed by atoms with E-state index in [-0.39, 0.29) is 17.9 Å². The van der Waals surface area contributed by atoms with Gasteiger partial charge in [-0.1, -0.05) is 18.2 Å². The maximum atomic E-state index is 13.3. The van der Waals surface area contributed by atoms with Gasteiger partial charge >= 0.3 is 0 Å². The lowest BCUT2D eigenvalue weighted by atomic mass is 9.76. The SMILES string of the molecule is CN(CCCn1cccn1)C(=O)C1C2C(=O)N(Cc3cccnc3)C[C@]23C=C[C@H]1O3. The summed E-state index contributed by atoms with van der Waals surface area (Å²) in [6.45, 7) is 2.32. The minimum absolute atomic E-state index is 0.00556. The largest absolute Gasteiger partial charge is 0.360 e. The average Bonchev–Trinajstić information content (AvgIpc) is 3.51. The first-order valence-corrected chi connectivity index (χ1v) is 10.3. The maximum Gasteiger partial charge on any atom is 0.230 e. The van der Waals surface area contributed by atoms with Crippen molar-refractivity contribution in [3.05, 3.63) is 60.7 Å².